The van der Waals surface area contributed by atoms with E-state index in [1.165, 1.54) is 0 Å². The minimum absolute atomic E-state index is 0.834. The molecule has 1 heterocycles. The second kappa shape index (κ2) is 6.59. The number of fused-ring (bicyclic) bond motifs is 3. The number of hydrogen-bond acceptors (Lipinski definition) is 2. The van der Waals surface area contributed by atoms with Crippen LogP contribution in [0, 0.1) is 0 Å². The van der Waals surface area contributed by atoms with Gasteiger partial charge in [0.15, 0.2) is 0 Å². The molecule has 2 heteroatoms. The van der Waals surface area contributed by atoms with Gasteiger partial charge in [-0.15, -0.1) is 0 Å². The van der Waals surface area contributed by atoms with Crippen LogP contribution in [0.25, 0.3) is 21.7 Å². The van der Waals surface area contributed by atoms with Gasteiger partial charge in [0.25, 0.3) is 0 Å². The van der Waals surface area contributed by atoms with Gasteiger partial charge < -0.3 is 5.11 Å². The quantitative estimate of drug-likeness (QED) is 0.332. The predicted octanol–water partition coefficient (Wildman–Crippen LogP) is 5.67. The van der Waals surface area contributed by atoms with Crippen molar-refractivity contribution in [3.05, 3.63) is 126 Å². The Morgan fingerprint density at radius 2 is 1.11 bits per heavy atom. The number of rotatable bonds is 3. The van der Waals surface area contributed by atoms with E-state index in [2.05, 4.69) is 17.1 Å². The molecule has 2 nitrogen and oxygen atoms in total. The summed E-state index contributed by atoms with van der Waals surface area (Å²) in [5.74, 6) is 0. The molecule has 0 saturated heterocycles. The molecular formula is C26H19NO. The molecule has 0 atom stereocenters. The molecule has 1 aromatic heterocycles. The molecular weight excluding hydrogens is 342 g/mol. The molecule has 4 aromatic carbocycles. The van der Waals surface area contributed by atoms with E-state index >= 15 is 0 Å². The van der Waals surface area contributed by atoms with Crippen LogP contribution < -0.4 is 0 Å². The Labute approximate surface area is 163 Å². The third-order valence-electron chi connectivity index (χ3n) is 5.41. The monoisotopic (exact) mass is 361 g/mol. The zero-order valence-electron chi connectivity index (χ0n) is 15.3. The molecule has 0 saturated carbocycles. The summed E-state index contributed by atoms with van der Waals surface area (Å²) in [5, 5.41) is 15.3. The summed E-state index contributed by atoms with van der Waals surface area (Å²) in [7, 11) is 0. The first-order valence-corrected chi connectivity index (χ1v) is 9.39. The topological polar surface area (TPSA) is 33.1 Å². The average Bonchev–Trinajstić information content (AvgIpc) is 2.79. The van der Waals surface area contributed by atoms with Crippen molar-refractivity contribution < 1.29 is 5.11 Å². The van der Waals surface area contributed by atoms with Gasteiger partial charge >= 0.3 is 0 Å². The first-order chi connectivity index (χ1) is 13.8. The smallest absolute Gasteiger partial charge is 0.141 e. The van der Waals surface area contributed by atoms with Crippen LogP contribution in [0.4, 0.5) is 0 Å². The van der Waals surface area contributed by atoms with Gasteiger partial charge in [-0.2, -0.15) is 0 Å². The van der Waals surface area contributed by atoms with Gasteiger partial charge in [-0.25, -0.2) is 0 Å². The number of pyridine rings is 1. The molecule has 5 rings (SSSR count). The van der Waals surface area contributed by atoms with Crippen LogP contribution in [0.2, 0.25) is 0 Å². The van der Waals surface area contributed by atoms with Crippen LogP contribution in [-0.4, -0.2) is 10.1 Å². The summed E-state index contributed by atoms with van der Waals surface area (Å²) in [6.07, 6.45) is 1.88. The normalized spacial score (nSPS) is 11.8. The molecule has 28 heavy (non-hydrogen) atoms. The lowest BCUT2D eigenvalue weighted by Gasteiger charge is -2.31. The van der Waals surface area contributed by atoms with E-state index in [1.54, 1.807) is 0 Å². The number of nitrogens with zero attached hydrogens (tertiary/aromatic N) is 1. The molecule has 5 aromatic rings. The fraction of sp³-hybridized carbons (Fsp3) is 0.0385. The lowest BCUT2D eigenvalue weighted by atomic mass is 9.78. The van der Waals surface area contributed by atoms with Gasteiger partial charge in [0.2, 0.25) is 0 Å². The third kappa shape index (κ3) is 2.50. The first-order valence-electron chi connectivity index (χ1n) is 9.39. The van der Waals surface area contributed by atoms with E-state index in [0.29, 0.717) is 0 Å². The number of aliphatic hydroxyl groups is 1. The van der Waals surface area contributed by atoms with Gasteiger partial charge in [0.1, 0.15) is 5.60 Å². The van der Waals surface area contributed by atoms with Crippen LogP contribution in [0.1, 0.15) is 16.7 Å². The van der Waals surface area contributed by atoms with Crippen LogP contribution >= 0.6 is 0 Å². The van der Waals surface area contributed by atoms with Gasteiger partial charge in [0.05, 0.1) is 5.52 Å². The molecule has 0 bridgehead atoms. The number of aromatic nitrogens is 1. The van der Waals surface area contributed by atoms with Crippen molar-refractivity contribution in [2.24, 2.45) is 0 Å². The summed E-state index contributed by atoms with van der Waals surface area (Å²) in [4.78, 5) is 4.66. The maximum absolute atomic E-state index is 12.2. The largest absolute Gasteiger partial charge is 0.376 e. The second-order valence-corrected chi connectivity index (χ2v) is 6.98. The van der Waals surface area contributed by atoms with Crippen molar-refractivity contribution in [2.45, 2.75) is 5.60 Å². The Bertz CT molecular complexity index is 1220. The minimum atomic E-state index is -1.27. The maximum atomic E-state index is 12.2. The first kappa shape index (κ1) is 16.7. The molecule has 0 spiro atoms. The van der Waals surface area contributed by atoms with E-state index in [-0.39, 0.29) is 0 Å². The number of hydrogen-bond donors (Lipinski definition) is 1. The fourth-order valence-corrected chi connectivity index (χ4v) is 4.04. The average molecular weight is 361 g/mol. The highest BCUT2D eigenvalue weighted by atomic mass is 16.3. The van der Waals surface area contributed by atoms with Gasteiger partial charge in [-0.05, 0) is 22.6 Å². The highest BCUT2D eigenvalue weighted by Crippen LogP contribution is 2.40. The molecule has 0 amide bonds. The van der Waals surface area contributed by atoms with Crippen LogP contribution in [0.5, 0.6) is 0 Å². The zero-order chi connectivity index (χ0) is 19.0. The molecule has 134 valence electrons. The highest BCUT2D eigenvalue weighted by Gasteiger charge is 2.35. The molecule has 0 unspecified atom stereocenters. The van der Waals surface area contributed by atoms with Crippen LogP contribution in [-0.2, 0) is 5.60 Å². The Morgan fingerprint density at radius 1 is 0.536 bits per heavy atom. The fourth-order valence-electron chi connectivity index (χ4n) is 4.04. The lowest BCUT2D eigenvalue weighted by molar-refractivity contribution is 0.127. The summed E-state index contributed by atoms with van der Waals surface area (Å²) >= 11 is 0. The standard InChI is InChI=1S/C26H19NO/c28-26(19-10-3-1-4-11-19,20-12-5-2-6-13-20)24-16-9-15-21-22-14-7-8-17-25(22)27-18-23(21)24/h1-18,28H. The molecule has 0 aliphatic rings. The predicted molar refractivity (Wildman–Crippen MR) is 114 cm³/mol. The number of benzene rings is 4. The highest BCUT2D eigenvalue weighted by molar-refractivity contribution is 6.06. The lowest BCUT2D eigenvalue weighted by Crippen LogP contribution is -2.29. The van der Waals surface area contributed by atoms with Crippen molar-refractivity contribution in [3.63, 3.8) is 0 Å². The van der Waals surface area contributed by atoms with E-state index in [4.69, 9.17) is 0 Å². The summed E-state index contributed by atoms with van der Waals surface area (Å²) in [6, 6.07) is 33.9. The molecule has 0 radical (unpaired) electrons. The molecule has 0 fully saturated rings. The van der Waals surface area contributed by atoms with E-state index in [1.807, 2.05) is 97.2 Å². The van der Waals surface area contributed by atoms with E-state index in [0.717, 1.165) is 38.4 Å². The Morgan fingerprint density at radius 3 is 1.79 bits per heavy atom. The van der Waals surface area contributed by atoms with Gasteiger partial charge in [-0.1, -0.05) is 97.1 Å². The van der Waals surface area contributed by atoms with Gasteiger partial charge in [0, 0.05) is 22.5 Å². The Hall–Kier alpha value is -3.49. The minimum Gasteiger partial charge on any atom is -0.376 e. The number of para-hydroxylation sites is 1. The van der Waals surface area contributed by atoms with E-state index < -0.39 is 5.60 Å². The van der Waals surface area contributed by atoms with Crippen molar-refractivity contribution in [1.29, 1.82) is 0 Å². The van der Waals surface area contributed by atoms with Crippen LogP contribution in [0.15, 0.2) is 109 Å². The molecule has 0 aliphatic carbocycles. The van der Waals surface area contributed by atoms with Crippen molar-refractivity contribution in [3.8, 4) is 0 Å². The SMILES string of the molecule is OC(c1ccccc1)(c1ccccc1)c1cccc2c1cnc1ccccc12. The summed E-state index contributed by atoms with van der Waals surface area (Å²) in [6.45, 7) is 0. The Balaban J connectivity index is 1.88. The molecule has 0 aliphatic heterocycles. The molecule has 1 N–H and O–H groups in total. The van der Waals surface area contributed by atoms with Crippen LogP contribution in [0.3, 0.4) is 0 Å². The Kier molecular flexibility index (Phi) is 3.92. The second-order valence-electron chi connectivity index (χ2n) is 6.98. The summed E-state index contributed by atoms with van der Waals surface area (Å²) < 4.78 is 0. The maximum Gasteiger partial charge on any atom is 0.141 e. The van der Waals surface area contributed by atoms with Gasteiger partial charge in [-0.3, -0.25) is 4.98 Å². The third-order valence-corrected chi connectivity index (χ3v) is 5.41. The van der Waals surface area contributed by atoms with Crippen molar-refractivity contribution in [1.82, 2.24) is 4.98 Å². The summed E-state index contributed by atoms with van der Waals surface area (Å²) in [5.41, 5.74) is 2.19. The van der Waals surface area contributed by atoms with Crippen molar-refractivity contribution >= 4 is 21.7 Å². The van der Waals surface area contributed by atoms with Crippen molar-refractivity contribution in [2.75, 3.05) is 0 Å². The zero-order valence-corrected chi connectivity index (χ0v) is 15.3. The van der Waals surface area contributed by atoms with E-state index in [9.17, 15) is 5.11 Å².